The SMILES string of the molecule is Cc1ccc(C(=O)N2CCCC(COc3ccc(C(=O)N4CCCCC4)cc3)C2)cc1. The van der Waals surface area contributed by atoms with Gasteiger partial charge in [-0.1, -0.05) is 17.7 Å². The first-order valence-electron chi connectivity index (χ1n) is 11.5. The summed E-state index contributed by atoms with van der Waals surface area (Å²) in [5.74, 6) is 1.31. The van der Waals surface area contributed by atoms with Crippen molar-refractivity contribution in [1.29, 1.82) is 0 Å². The molecular weight excluding hydrogens is 388 g/mol. The minimum Gasteiger partial charge on any atom is -0.493 e. The van der Waals surface area contributed by atoms with Crippen LogP contribution in [0.1, 0.15) is 58.4 Å². The Morgan fingerprint density at radius 1 is 0.806 bits per heavy atom. The Morgan fingerprint density at radius 3 is 2.06 bits per heavy atom. The predicted molar refractivity (Wildman–Crippen MR) is 121 cm³/mol. The first-order chi connectivity index (χ1) is 15.1. The van der Waals surface area contributed by atoms with Gasteiger partial charge in [0, 0.05) is 43.2 Å². The Kier molecular flexibility index (Phi) is 6.90. The second-order valence-electron chi connectivity index (χ2n) is 8.81. The lowest BCUT2D eigenvalue weighted by atomic mass is 9.98. The van der Waals surface area contributed by atoms with E-state index in [9.17, 15) is 9.59 Å². The molecule has 2 fully saturated rings. The summed E-state index contributed by atoms with van der Waals surface area (Å²) in [5.41, 5.74) is 2.63. The van der Waals surface area contributed by atoms with Crippen LogP contribution in [-0.4, -0.2) is 54.4 Å². The monoisotopic (exact) mass is 420 g/mol. The van der Waals surface area contributed by atoms with Crippen LogP contribution in [0.3, 0.4) is 0 Å². The molecule has 4 rings (SSSR count). The highest BCUT2D eigenvalue weighted by atomic mass is 16.5. The Morgan fingerprint density at radius 2 is 1.39 bits per heavy atom. The Hall–Kier alpha value is -2.82. The molecule has 0 aliphatic carbocycles. The molecule has 2 aromatic carbocycles. The van der Waals surface area contributed by atoms with Gasteiger partial charge in [-0.3, -0.25) is 9.59 Å². The van der Waals surface area contributed by atoms with E-state index in [1.807, 2.05) is 65.3 Å². The van der Waals surface area contributed by atoms with E-state index in [4.69, 9.17) is 4.74 Å². The van der Waals surface area contributed by atoms with Crippen LogP contribution in [0.2, 0.25) is 0 Å². The number of benzene rings is 2. The average molecular weight is 421 g/mol. The number of amides is 2. The van der Waals surface area contributed by atoms with Crippen molar-refractivity contribution in [3.05, 3.63) is 65.2 Å². The molecule has 1 unspecified atom stereocenters. The van der Waals surface area contributed by atoms with Gasteiger partial charge in [-0.15, -0.1) is 0 Å². The number of rotatable bonds is 5. The minimum atomic E-state index is 0.102. The third kappa shape index (κ3) is 5.46. The minimum absolute atomic E-state index is 0.102. The van der Waals surface area contributed by atoms with Gasteiger partial charge in [-0.05, 0) is 75.4 Å². The van der Waals surface area contributed by atoms with Crippen molar-refractivity contribution in [3.8, 4) is 5.75 Å². The van der Waals surface area contributed by atoms with Gasteiger partial charge in [-0.25, -0.2) is 0 Å². The zero-order chi connectivity index (χ0) is 21.6. The van der Waals surface area contributed by atoms with Crippen LogP contribution in [0.15, 0.2) is 48.5 Å². The first kappa shape index (κ1) is 21.4. The molecule has 164 valence electrons. The molecule has 2 aliphatic rings. The molecule has 2 aromatic rings. The number of piperidine rings is 2. The second-order valence-corrected chi connectivity index (χ2v) is 8.81. The zero-order valence-electron chi connectivity index (χ0n) is 18.4. The Bertz CT molecular complexity index is 886. The van der Waals surface area contributed by atoms with Crippen molar-refractivity contribution in [2.24, 2.45) is 5.92 Å². The predicted octanol–water partition coefficient (Wildman–Crippen LogP) is 4.55. The number of ether oxygens (including phenoxy) is 1. The van der Waals surface area contributed by atoms with E-state index >= 15 is 0 Å². The van der Waals surface area contributed by atoms with E-state index in [0.29, 0.717) is 12.5 Å². The van der Waals surface area contributed by atoms with E-state index in [-0.39, 0.29) is 11.8 Å². The molecule has 5 heteroatoms. The molecule has 0 aromatic heterocycles. The number of nitrogens with zero attached hydrogens (tertiary/aromatic N) is 2. The number of carbonyl (C=O) groups is 2. The van der Waals surface area contributed by atoms with Crippen LogP contribution in [0, 0.1) is 12.8 Å². The summed E-state index contributed by atoms with van der Waals surface area (Å²) in [7, 11) is 0. The van der Waals surface area contributed by atoms with Gasteiger partial charge in [0.15, 0.2) is 0 Å². The third-order valence-electron chi connectivity index (χ3n) is 6.33. The summed E-state index contributed by atoms with van der Waals surface area (Å²) >= 11 is 0. The molecule has 5 nitrogen and oxygen atoms in total. The Labute approximate surface area is 185 Å². The molecular formula is C26H32N2O3. The second kappa shape index (κ2) is 9.99. The van der Waals surface area contributed by atoms with Crippen LogP contribution >= 0.6 is 0 Å². The maximum Gasteiger partial charge on any atom is 0.253 e. The van der Waals surface area contributed by atoms with E-state index in [1.165, 1.54) is 6.42 Å². The lowest BCUT2D eigenvalue weighted by Gasteiger charge is -2.32. The van der Waals surface area contributed by atoms with Gasteiger partial charge >= 0.3 is 0 Å². The maximum atomic E-state index is 12.8. The summed E-state index contributed by atoms with van der Waals surface area (Å²) in [6.07, 6.45) is 5.46. The lowest BCUT2D eigenvalue weighted by molar-refractivity contribution is 0.0633. The molecule has 2 amide bonds. The highest BCUT2D eigenvalue weighted by Gasteiger charge is 2.25. The summed E-state index contributed by atoms with van der Waals surface area (Å²) in [6, 6.07) is 15.3. The van der Waals surface area contributed by atoms with Gasteiger partial charge in [0.25, 0.3) is 11.8 Å². The molecule has 0 radical (unpaired) electrons. The molecule has 31 heavy (non-hydrogen) atoms. The molecule has 2 saturated heterocycles. The molecule has 0 saturated carbocycles. The van der Waals surface area contributed by atoms with Crippen molar-refractivity contribution in [3.63, 3.8) is 0 Å². The van der Waals surface area contributed by atoms with Crippen LogP contribution in [0.5, 0.6) is 5.75 Å². The van der Waals surface area contributed by atoms with Gasteiger partial charge in [0.05, 0.1) is 6.61 Å². The van der Waals surface area contributed by atoms with Crippen molar-refractivity contribution < 1.29 is 14.3 Å². The molecule has 2 aliphatic heterocycles. The fraction of sp³-hybridized carbons (Fsp3) is 0.462. The number of hydrogen-bond acceptors (Lipinski definition) is 3. The van der Waals surface area contributed by atoms with Crippen LogP contribution < -0.4 is 4.74 Å². The van der Waals surface area contributed by atoms with Gasteiger partial charge < -0.3 is 14.5 Å². The first-order valence-corrected chi connectivity index (χ1v) is 11.5. The average Bonchev–Trinajstić information content (AvgIpc) is 2.83. The number of aryl methyl sites for hydroxylation is 1. The number of hydrogen-bond donors (Lipinski definition) is 0. The van der Waals surface area contributed by atoms with E-state index in [0.717, 1.165) is 74.3 Å². The van der Waals surface area contributed by atoms with Gasteiger partial charge in [-0.2, -0.15) is 0 Å². The fourth-order valence-electron chi connectivity index (χ4n) is 4.45. The van der Waals surface area contributed by atoms with E-state index in [2.05, 4.69) is 0 Å². The normalized spacial score (nSPS) is 19.2. The van der Waals surface area contributed by atoms with Crippen LogP contribution in [-0.2, 0) is 0 Å². The van der Waals surface area contributed by atoms with Crippen LogP contribution in [0.4, 0.5) is 0 Å². The summed E-state index contributed by atoms with van der Waals surface area (Å²) in [4.78, 5) is 29.3. The van der Waals surface area contributed by atoms with Gasteiger partial charge in [0.1, 0.15) is 5.75 Å². The highest BCUT2D eigenvalue weighted by Crippen LogP contribution is 2.22. The molecule has 2 heterocycles. The molecule has 1 atom stereocenters. The lowest BCUT2D eigenvalue weighted by Crippen LogP contribution is -2.41. The summed E-state index contributed by atoms with van der Waals surface area (Å²) in [5, 5.41) is 0. The fourth-order valence-corrected chi connectivity index (χ4v) is 4.45. The standard InChI is InChI=1S/C26H32N2O3/c1-20-7-9-22(10-8-20)26(30)28-17-5-6-21(18-28)19-31-24-13-11-23(12-14-24)25(29)27-15-3-2-4-16-27/h7-14,21H,2-6,15-19H2,1H3. The van der Waals surface area contributed by atoms with Crippen LogP contribution in [0.25, 0.3) is 0 Å². The molecule has 0 bridgehead atoms. The summed E-state index contributed by atoms with van der Waals surface area (Å²) in [6.45, 7) is 5.84. The topological polar surface area (TPSA) is 49.9 Å². The third-order valence-corrected chi connectivity index (χ3v) is 6.33. The van der Waals surface area contributed by atoms with Crippen molar-refractivity contribution in [1.82, 2.24) is 9.80 Å². The maximum absolute atomic E-state index is 12.8. The summed E-state index contributed by atoms with van der Waals surface area (Å²) < 4.78 is 6.01. The molecule has 0 spiro atoms. The van der Waals surface area contributed by atoms with E-state index < -0.39 is 0 Å². The zero-order valence-corrected chi connectivity index (χ0v) is 18.4. The van der Waals surface area contributed by atoms with E-state index in [1.54, 1.807) is 0 Å². The van der Waals surface area contributed by atoms with Crippen molar-refractivity contribution >= 4 is 11.8 Å². The number of likely N-dealkylation sites (tertiary alicyclic amines) is 2. The highest BCUT2D eigenvalue weighted by molar-refractivity contribution is 5.94. The largest absolute Gasteiger partial charge is 0.493 e. The van der Waals surface area contributed by atoms with Gasteiger partial charge in [0.2, 0.25) is 0 Å². The van der Waals surface area contributed by atoms with Crippen molar-refractivity contribution in [2.45, 2.75) is 39.0 Å². The Balaban J connectivity index is 1.29. The van der Waals surface area contributed by atoms with Crippen molar-refractivity contribution in [2.75, 3.05) is 32.8 Å². The smallest absolute Gasteiger partial charge is 0.253 e. The number of carbonyl (C=O) groups excluding carboxylic acids is 2. The molecule has 0 N–H and O–H groups in total. The quantitative estimate of drug-likeness (QED) is 0.713.